The number of rotatable bonds is 5. The monoisotopic (exact) mass is 433 g/mol. The summed E-state index contributed by atoms with van der Waals surface area (Å²) in [4.78, 5) is 29.7. The molecule has 4 rings (SSSR count). The predicted octanol–water partition coefficient (Wildman–Crippen LogP) is 3.68. The molecule has 2 aromatic carbocycles. The minimum Gasteiger partial charge on any atom is -0.276 e. The van der Waals surface area contributed by atoms with Crippen LogP contribution in [0.5, 0.6) is 0 Å². The molecule has 2 amide bonds. The summed E-state index contributed by atoms with van der Waals surface area (Å²) in [5, 5.41) is 5.40. The lowest BCUT2D eigenvalue weighted by Gasteiger charge is -2.11. The van der Waals surface area contributed by atoms with Crippen molar-refractivity contribution in [3.05, 3.63) is 83.1 Å². The van der Waals surface area contributed by atoms with Crippen LogP contribution >= 0.6 is 11.6 Å². The molecule has 8 heteroatoms. The molecule has 0 saturated heterocycles. The molecule has 156 valence electrons. The van der Waals surface area contributed by atoms with Gasteiger partial charge >= 0.3 is 0 Å². The zero-order valence-electron chi connectivity index (χ0n) is 16.8. The minimum absolute atomic E-state index is 0.235. The van der Waals surface area contributed by atoms with Crippen molar-refractivity contribution in [2.45, 2.75) is 12.8 Å². The summed E-state index contributed by atoms with van der Waals surface area (Å²) in [5.74, 6) is -0.697. The van der Waals surface area contributed by atoms with Crippen molar-refractivity contribution in [3.8, 4) is 11.3 Å². The number of nitrogens with one attached hydrogen (secondary N) is 2. The topological polar surface area (TPSA) is 88.9 Å². The first kappa shape index (κ1) is 20.6. The van der Waals surface area contributed by atoms with E-state index in [4.69, 9.17) is 11.6 Å². The molecule has 0 radical (unpaired) electrons. The molecule has 31 heavy (non-hydrogen) atoms. The van der Waals surface area contributed by atoms with E-state index < -0.39 is 5.91 Å². The van der Waals surface area contributed by atoms with Crippen LogP contribution in [-0.2, 0) is 18.3 Å². The first-order valence-corrected chi connectivity index (χ1v) is 10.1. The Balaban J connectivity index is 1.51. The number of carbonyl (C=O) groups is 2. The standard InChI is InChI=1S/C23H20ClN5O2/c1-29-14-15(13-25-29)6-11-22(30)27-28-23(31)19-12-21(16-7-9-17(24)10-8-16)26-20-5-3-2-4-18(19)20/h2-5,7-10,12-14H,6,11H2,1H3,(H,27,30)(H,28,31). The van der Waals surface area contributed by atoms with Crippen LogP contribution in [0, 0.1) is 0 Å². The summed E-state index contributed by atoms with van der Waals surface area (Å²) < 4.78 is 1.68. The van der Waals surface area contributed by atoms with E-state index in [1.165, 1.54) is 0 Å². The van der Waals surface area contributed by atoms with Gasteiger partial charge in [-0.2, -0.15) is 5.10 Å². The van der Waals surface area contributed by atoms with Gasteiger partial charge in [0.25, 0.3) is 5.91 Å². The number of carbonyl (C=O) groups excluding carboxylic acids is 2. The van der Waals surface area contributed by atoms with Crippen LogP contribution in [-0.4, -0.2) is 26.6 Å². The summed E-state index contributed by atoms with van der Waals surface area (Å²) in [6.07, 6.45) is 4.34. The molecule has 7 nitrogen and oxygen atoms in total. The van der Waals surface area contributed by atoms with Crippen LogP contribution in [0.2, 0.25) is 5.02 Å². The number of hydrogen-bond donors (Lipinski definition) is 2. The number of nitrogens with zero attached hydrogens (tertiary/aromatic N) is 3. The number of hydrogen-bond acceptors (Lipinski definition) is 4. The van der Waals surface area contributed by atoms with Gasteiger partial charge in [0, 0.05) is 35.6 Å². The van der Waals surface area contributed by atoms with Gasteiger partial charge in [0.15, 0.2) is 0 Å². The van der Waals surface area contributed by atoms with Crippen LogP contribution in [0.25, 0.3) is 22.2 Å². The fourth-order valence-corrected chi connectivity index (χ4v) is 3.37. The molecule has 2 N–H and O–H groups in total. The van der Waals surface area contributed by atoms with E-state index in [1.807, 2.05) is 49.6 Å². The maximum absolute atomic E-state index is 12.9. The van der Waals surface area contributed by atoms with Gasteiger partial charge in [0.05, 0.1) is 23.0 Å². The third-order valence-corrected chi connectivity index (χ3v) is 5.07. The molecule has 0 spiro atoms. The highest BCUT2D eigenvalue weighted by Gasteiger charge is 2.15. The Bertz CT molecular complexity index is 1250. The van der Waals surface area contributed by atoms with Gasteiger partial charge in [0.1, 0.15) is 0 Å². The van der Waals surface area contributed by atoms with E-state index in [-0.39, 0.29) is 12.3 Å². The lowest BCUT2D eigenvalue weighted by molar-refractivity contribution is -0.121. The number of halogens is 1. The number of fused-ring (bicyclic) bond motifs is 1. The van der Waals surface area contributed by atoms with Gasteiger partial charge in [0.2, 0.25) is 5.91 Å². The third-order valence-electron chi connectivity index (χ3n) is 4.82. The second-order valence-electron chi connectivity index (χ2n) is 7.10. The first-order chi connectivity index (χ1) is 15.0. The second kappa shape index (κ2) is 8.97. The summed E-state index contributed by atoms with van der Waals surface area (Å²) >= 11 is 5.98. The molecule has 0 aliphatic heterocycles. The highest BCUT2D eigenvalue weighted by molar-refractivity contribution is 6.30. The fourth-order valence-electron chi connectivity index (χ4n) is 3.25. The number of benzene rings is 2. The average Bonchev–Trinajstić information content (AvgIpc) is 3.21. The van der Waals surface area contributed by atoms with Crippen LogP contribution < -0.4 is 10.9 Å². The molecular weight excluding hydrogens is 414 g/mol. The van der Waals surface area contributed by atoms with Crippen molar-refractivity contribution in [2.24, 2.45) is 7.05 Å². The molecule has 0 fully saturated rings. The van der Waals surface area contributed by atoms with E-state index in [0.717, 1.165) is 11.1 Å². The van der Waals surface area contributed by atoms with Gasteiger partial charge in [-0.05, 0) is 36.2 Å². The Kier molecular flexibility index (Phi) is 5.95. The fraction of sp³-hybridized carbons (Fsp3) is 0.130. The minimum atomic E-state index is -0.413. The summed E-state index contributed by atoms with van der Waals surface area (Å²) in [6, 6.07) is 16.3. The number of aryl methyl sites for hydroxylation is 2. The Labute approximate surface area is 184 Å². The molecule has 0 atom stereocenters. The normalized spacial score (nSPS) is 10.8. The van der Waals surface area contributed by atoms with Crippen molar-refractivity contribution in [2.75, 3.05) is 0 Å². The summed E-state index contributed by atoms with van der Waals surface area (Å²) in [6.45, 7) is 0. The third kappa shape index (κ3) is 4.90. The Morgan fingerprint density at radius 1 is 1.06 bits per heavy atom. The van der Waals surface area contributed by atoms with Crippen molar-refractivity contribution in [1.82, 2.24) is 25.6 Å². The molecule has 0 aliphatic rings. The van der Waals surface area contributed by atoms with Gasteiger partial charge in [-0.1, -0.05) is 41.9 Å². The zero-order valence-corrected chi connectivity index (χ0v) is 17.6. The number of para-hydroxylation sites is 1. The molecule has 4 aromatic rings. The van der Waals surface area contributed by atoms with E-state index >= 15 is 0 Å². The van der Waals surface area contributed by atoms with E-state index in [0.29, 0.717) is 33.6 Å². The lowest BCUT2D eigenvalue weighted by atomic mass is 10.0. The number of pyridine rings is 1. The number of aromatic nitrogens is 3. The average molecular weight is 434 g/mol. The highest BCUT2D eigenvalue weighted by Crippen LogP contribution is 2.25. The Morgan fingerprint density at radius 3 is 2.58 bits per heavy atom. The first-order valence-electron chi connectivity index (χ1n) is 9.72. The van der Waals surface area contributed by atoms with Crippen LogP contribution in [0.1, 0.15) is 22.3 Å². The molecule has 0 saturated carbocycles. The maximum Gasteiger partial charge on any atom is 0.270 e. The lowest BCUT2D eigenvalue weighted by Crippen LogP contribution is -2.41. The molecule has 0 aliphatic carbocycles. The van der Waals surface area contributed by atoms with Crippen molar-refractivity contribution >= 4 is 34.3 Å². The predicted molar refractivity (Wildman–Crippen MR) is 119 cm³/mol. The number of amides is 2. The van der Waals surface area contributed by atoms with Gasteiger partial charge < -0.3 is 0 Å². The number of hydrazine groups is 1. The van der Waals surface area contributed by atoms with Gasteiger partial charge in [-0.15, -0.1) is 0 Å². The molecule has 0 bridgehead atoms. The van der Waals surface area contributed by atoms with Crippen molar-refractivity contribution < 1.29 is 9.59 Å². The van der Waals surface area contributed by atoms with Crippen LogP contribution in [0.15, 0.2) is 67.0 Å². The van der Waals surface area contributed by atoms with Gasteiger partial charge in [-0.3, -0.25) is 25.1 Å². The molecular formula is C23H20ClN5O2. The smallest absolute Gasteiger partial charge is 0.270 e. The molecule has 0 unspecified atom stereocenters. The van der Waals surface area contributed by atoms with E-state index in [1.54, 1.807) is 29.1 Å². The zero-order chi connectivity index (χ0) is 21.8. The van der Waals surface area contributed by atoms with Crippen LogP contribution in [0.4, 0.5) is 0 Å². The summed E-state index contributed by atoms with van der Waals surface area (Å²) in [5.41, 5.74) is 8.54. The molecule has 2 aromatic heterocycles. The SMILES string of the molecule is Cn1cc(CCC(=O)NNC(=O)c2cc(-c3ccc(Cl)cc3)nc3ccccc23)cn1. The van der Waals surface area contributed by atoms with Crippen molar-refractivity contribution in [3.63, 3.8) is 0 Å². The molecule has 2 heterocycles. The summed E-state index contributed by atoms with van der Waals surface area (Å²) in [7, 11) is 1.82. The quantitative estimate of drug-likeness (QED) is 0.470. The Hall–Kier alpha value is -3.71. The van der Waals surface area contributed by atoms with E-state index in [9.17, 15) is 9.59 Å². The van der Waals surface area contributed by atoms with Crippen molar-refractivity contribution in [1.29, 1.82) is 0 Å². The maximum atomic E-state index is 12.9. The van der Waals surface area contributed by atoms with Crippen LogP contribution in [0.3, 0.4) is 0 Å². The Morgan fingerprint density at radius 2 is 1.84 bits per heavy atom. The van der Waals surface area contributed by atoms with Gasteiger partial charge in [-0.25, -0.2) is 4.98 Å². The second-order valence-corrected chi connectivity index (χ2v) is 7.54. The van der Waals surface area contributed by atoms with E-state index in [2.05, 4.69) is 20.9 Å². The largest absolute Gasteiger partial charge is 0.276 e. The highest BCUT2D eigenvalue weighted by atomic mass is 35.5.